The average molecular weight is 396 g/mol. The molecular weight excluding hydrogens is 360 g/mol. The van der Waals surface area contributed by atoms with Crippen LogP contribution in [0.3, 0.4) is 0 Å². The monoisotopic (exact) mass is 395 g/mol. The number of hydrogen-bond acceptors (Lipinski definition) is 1. The molecule has 3 rings (SSSR count). The van der Waals surface area contributed by atoms with Gasteiger partial charge in [0.1, 0.15) is 17.7 Å². The standard InChI is InChI=1S/C24H35OSi2/c1-7-26(8-2,9-3)21-17-13-15-19-20-16-14-18-22(24(20)25-23(19)21)27(10-4,11-5)12-6/h13,15-18H,7-12H2,1-6H3/q+1. The second-order valence-corrected chi connectivity index (χ2v) is 18.5. The van der Waals surface area contributed by atoms with Crippen LogP contribution in [0.5, 0.6) is 0 Å². The SMILES string of the molecule is CC[Si](CC)(CC)C1=C[C+]=Cc2c1oc1c([Si](CC)(CC)CC)cccc21. The van der Waals surface area contributed by atoms with Gasteiger partial charge < -0.3 is 4.42 Å². The zero-order chi connectivity index (χ0) is 19.7. The van der Waals surface area contributed by atoms with Crippen LogP contribution in [-0.2, 0) is 0 Å². The summed E-state index contributed by atoms with van der Waals surface area (Å²) in [7, 11) is -3.02. The van der Waals surface area contributed by atoms with Crippen LogP contribution in [0, 0.1) is 6.08 Å². The maximum atomic E-state index is 6.79. The molecular formula is C24H35OSi2+. The van der Waals surface area contributed by atoms with Crippen LogP contribution in [0.15, 0.2) is 28.7 Å². The molecule has 0 unspecified atom stereocenters. The quantitative estimate of drug-likeness (QED) is 0.335. The molecule has 144 valence electrons. The smallest absolute Gasteiger partial charge is 0.242 e. The van der Waals surface area contributed by atoms with Crippen LogP contribution >= 0.6 is 0 Å². The first-order valence-electron chi connectivity index (χ1n) is 10.9. The van der Waals surface area contributed by atoms with E-state index in [4.69, 9.17) is 4.42 Å². The first-order chi connectivity index (χ1) is 13.1. The highest BCUT2D eigenvalue weighted by molar-refractivity contribution is 6.96. The van der Waals surface area contributed by atoms with Crippen LogP contribution in [0.25, 0.3) is 22.2 Å². The molecule has 3 heteroatoms. The Bertz CT molecular complexity index is 847. The first kappa shape index (κ1) is 20.3. The third-order valence-corrected chi connectivity index (χ3v) is 18.8. The van der Waals surface area contributed by atoms with E-state index in [1.54, 1.807) is 0 Å². The lowest BCUT2D eigenvalue weighted by atomic mass is 10.1. The van der Waals surface area contributed by atoms with Crippen LogP contribution < -0.4 is 5.19 Å². The van der Waals surface area contributed by atoms with Crippen LogP contribution in [0.2, 0.25) is 36.3 Å². The summed E-state index contributed by atoms with van der Waals surface area (Å²) < 4.78 is 6.79. The molecule has 0 spiro atoms. The minimum atomic E-state index is -1.52. The molecule has 27 heavy (non-hydrogen) atoms. The van der Waals surface area contributed by atoms with Gasteiger partial charge in [-0.15, -0.1) is 0 Å². The fourth-order valence-electron chi connectivity index (χ4n) is 5.21. The Morgan fingerprint density at radius 2 is 1.41 bits per heavy atom. The van der Waals surface area contributed by atoms with Crippen molar-refractivity contribution in [1.82, 2.24) is 0 Å². The predicted octanol–water partition coefficient (Wildman–Crippen LogP) is 7.41. The van der Waals surface area contributed by atoms with E-state index in [2.05, 4.69) is 78.0 Å². The van der Waals surface area contributed by atoms with E-state index in [0.29, 0.717) is 0 Å². The number of fused-ring (bicyclic) bond motifs is 3. The number of rotatable bonds is 8. The normalized spacial score (nSPS) is 14.2. The molecule has 1 aliphatic carbocycles. The first-order valence-corrected chi connectivity index (χ1v) is 16.2. The Kier molecular flexibility index (Phi) is 5.95. The molecule has 1 aliphatic rings. The zero-order valence-electron chi connectivity index (χ0n) is 18.0. The highest BCUT2D eigenvalue weighted by Crippen LogP contribution is 2.42. The lowest BCUT2D eigenvalue weighted by Crippen LogP contribution is -2.45. The van der Waals surface area contributed by atoms with Crippen LogP contribution in [0.4, 0.5) is 0 Å². The fraction of sp³-hybridized carbons (Fsp3) is 0.500. The van der Waals surface area contributed by atoms with Crippen molar-refractivity contribution in [3.8, 4) is 0 Å². The Morgan fingerprint density at radius 1 is 0.815 bits per heavy atom. The molecule has 0 fully saturated rings. The summed E-state index contributed by atoms with van der Waals surface area (Å²) in [6.07, 6.45) is 7.88. The molecule has 1 aromatic heterocycles. The molecule has 0 saturated carbocycles. The van der Waals surface area contributed by atoms with Gasteiger partial charge in [-0.3, -0.25) is 0 Å². The largest absolute Gasteiger partial charge is 0.431 e. The minimum absolute atomic E-state index is 1.17. The van der Waals surface area contributed by atoms with E-state index < -0.39 is 16.1 Å². The van der Waals surface area contributed by atoms with Gasteiger partial charge in [0.2, 0.25) is 5.76 Å². The van der Waals surface area contributed by atoms with Crippen molar-refractivity contribution in [1.29, 1.82) is 0 Å². The summed E-state index contributed by atoms with van der Waals surface area (Å²) in [5, 5.41) is 4.33. The van der Waals surface area contributed by atoms with Crippen LogP contribution in [0.1, 0.15) is 52.9 Å². The Morgan fingerprint density at radius 3 is 1.96 bits per heavy atom. The van der Waals surface area contributed by atoms with Crippen molar-refractivity contribution in [2.45, 2.75) is 77.8 Å². The highest BCUT2D eigenvalue weighted by Gasteiger charge is 2.43. The maximum absolute atomic E-state index is 6.79. The number of benzene rings is 1. The zero-order valence-corrected chi connectivity index (χ0v) is 20.0. The van der Waals surface area contributed by atoms with Gasteiger partial charge in [-0.2, -0.15) is 0 Å². The Balaban J connectivity index is 2.28. The second-order valence-electron chi connectivity index (χ2n) is 8.08. The molecule has 2 aromatic rings. The van der Waals surface area contributed by atoms with Gasteiger partial charge in [-0.1, -0.05) is 71.8 Å². The number of para-hydroxylation sites is 1. The predicted molar refractivity (Wildman–Crippen MR) is 126 cm³/mol. The molecule has 0 N–H and O–H groups in total. The molecule has 0 atom stereocenters. The van der Waals surface area contributed by atoms with Gasteiger partial charge in [0.15, 0.2) is 13.7 Å². The van der Waals surface area contributed by atoms with Gasteiger partial charge in [-0.05, 0) is 29.4 Å². The number of hydrogen-bond donors (Lipinski definition) is 0. The van der Waals surface area contributed by atoms with Crippen molar-refractivity contribution in [3.05, 3.63) is 41.7 Å². The van der Waals surface area contributed by atoms with E-state index in [1.807, 2.05) is 0 Å². The van der Waals surface area contributed by atoms with Gasteiger partial charge >= 0.3 is 0 Å². The molecule has 0 bridgehead atoms. The summed E-state index contributed by atoms with van der Waals surface area (Å²) in [5.74, 6) is 1.17. The van der Waals surface area contributed by atoms with E-state index in [-0.39, 0.29) is 0 Å². The molecule has 0 aliphatic heterocycles. The van der Waals surface area contributed by atoms with E-state index in [1.165, 1.54) is 68.9 Å². The maximum Gasteiger partial charge on any atom is 0.242 e. The Labute approximate surface area is 167 Å². The van der Waals surface area contributed by atoms with Gasteiger partial charge in [0, 0.05) is 6.08 Å². The van der Waals surface area contributed by atoms with Gasteiger partial charge in [-0.25, -0.2) is 0 Å². The molecule has 0 radical (unpaired) electrons. The van der Waals surface area contributed by atoms with Crippen molar-refractivity contribution in [2.75, 3.05) is 0 Å². The molecule has 1 nitrogen and oxygen atoms in total. The van der Waals surface area contributed by atoms with Crippen molar-refractivity contribution in [2.24, 2.45) is 0 Å². The second kappa shape index (κ2) is 7.91. The number of furan rings is 1. The minimum Gasteiger partial charge on any atom is -0.431 e. The fourth-order valence-corrected chi connectivity index (χ4v) is 12.7. The molecule has 1 aromatic carbocycles. The van der Waals surface area contributed by atoms with E-state index in [0.717, 1.165) is 0 Å². The summed E-state index contributed by atoms with van der Waals surface area (Å²) in [5.41, 5.74) is 2.46. The van der Waals surface area contributed by atoms with Crippen molar-refractivity contribution >= 4 is 43.6 Å². The average Bonchev–Trinajstić information content (AvgIpc) is 3.11. The summed E-state index contributed by atoms with van der Waals surface area (Å²) >= 11 is 0. The highest BCUT2D eigenvalue weighted by atomic mass is 28.3. The Hall–Kier alpha value is -1.42. The third-order valence-electron chi connectivity index (χ3n) is 7.66. The topological polar surface area (TPSA) is 13.1 Å². The lowest BCUT2D eigenvalue weighted by Gasteiger charge is -2.28. The summed E-state index contributed by atoms with van der Waals surface area (Å²) in [6.45, 7) is 14.2. The number of allylic oxidation sites excluding steroid dienone is 2. The van der Waals surface area contributed by atoms with E-state index in [9.17, 15) is 0 Å². The lowest BCUT2D eigenvalue weighted by molar-refractivity contribution is 0.602. The molecule has 0 amide bonds. The van der Waals surface area contributed by atoms with Gasteiger partial charge in [0.05, 0.1) is 18.7 Å². The molecule has 1 heterocycles. The van der Waals surface area contributed by atoms with Gasteiger partial charge in [0.25, 0.3) is 0 Å². The van der Waals surface area contributed by atoms with Crippen molar-refractivity contribution < 1.29 is 4.42 Å². The summed E-state index contributed by atoms with van der Waals surface area (Å²) in [4.78, 5) is 0. The van der Waals surface area contributed by atoms with Crippen LogP contribution in [-0.4, -0.2) is 16.1 Å². The molecule has 0 saturated heterocycles. The summed E-state index contributed by atoms with van der Waals surface area (Å²) in [6, 6.07) is 14.5. The van der Waals surface area contributed by atoms with Crippen molar-refractivity contribution in [3.63, 3.8) is 0 Å². The third kappa shape index (κ3) is 3.01. The van der Waals surface area contributed by atoms with E-state index >= 15 is 0 Å².